The summed E-state index contributed by atoms with van der Waals surface area (Å²) >= 11 is 1.31. The number of pyridine rings is 1. The average molecular weight is 406 g/mol. The minimum Gasteiger partial charge on any atom is -0.322 e. The third kappa shape index (κ3) is 5.10. The molecule has 1 N–H and O–H groups in total. The van der Waals surface area contributed by atoms with Gasteiger partial charge in [0, 0.05) is 17.6 Å². The molecule has 0 radical (unpaired) electrons. The molecule has 0 atom stereocenters. The Hall–Kier alpha value is -2.87. The lowest BCUT2D eigenvalue weighted by atomic mass is 10.2. The van der Waals surface area contributed by atoms with Crippen LogP contribution in [0.5, 0.6) is 0 Å². The maximum atomic E-state index is 13.0. The number of nitrogens with zero attached hydrogens (tertiary/aromatic N) is 1. The first-order valence-electron chi connectivity index (χ1n) is 8.14. The van der Waals surface area contributed by atoms with Gasteiger partial charge in [0.2, 0.25) is 0 Å². The fraction of sp³-hybridized carbons (Fsp3) is 0.100. The quantitative estimate of drug-likeness (QED) is 0.431. The van der Waals surface area contributed by atoms with E-state index in [0.29, 0.717) is 16.3 Å². The van der Waals surface area contributed by atoms with Crippen molar-refractivity contribution < 1.29 is 22.4 Å². The smallest absolute Gasteiger partial charge is 0.322 e. The minimum absolute atomic E-state index is 0.247. The molecule has 0 unspecified atom stereocenters. The van der Waals surface area contributed by atoms with Crippen molar-refractivity contribution in [2.75, 3.05) is 5.32 Å². The third-order valence-corrected chi connectivity index (χ3v) is 4.85. The fourth-order valence-electron chi connectivity index (χ4n) is 2.35. The second-order valence-electron chi connectivity index (χ2n) is 5.80. The molecule has 3 nitrogen and oxygen atoms in total. The van der Waals surface area contributed by atoms with Crippen LogP contribution in [0.3, 0.4) is 0 Å². The molecule has 2 aromatic carbocycles. The van der Waals surface area contributed by atoms with Gasteiger partial charge < -0.3 is 5.32 Å². The Kier molecular flexibility index (Phi) is 5.99. The molecule has 0 bridgehead atoms. The van der Waals surface area contributed by atoms with Crippen LogP contribution >= 0.6 is 11.8 Å². The Bertz CT molecular complexity index is 957. The van der Waals surface area contributed by atoms with Gasteiger partial charge in [0.05, 0.1) is 11.1 Å². The highest BCUT2D eigenvalue weighted by Crippen LogP contribution is 2.30. The summed E-state index contributed by atoms with van der Waals surface area (Å²) in [5.41, 5.74) is 0.624. The van der Waals surface area contributed by atoms with Crippen LogP contribution in [0.4, 0.5) is 23.2 Å². The first-order chi connectivity index (χ1) is 13.3. The van der Waals surface area contributed by atoms with Gasteiger partial charge in [-0.1, -0.05) is 12.1 Å². The van der Waals surface area contributed by atoms with Gasteiger partial charge in [-0.25, -0.2) is 9.37 Å². The van der Waals surface area contributed by atoms with E-state index in [9.17, 15) is 22.4 Å². The van der Waals surface area contributed by atoms with Gasteiger partial charge in [-0.15, -0.1) is 11.8 Å². The van der Waals surface area contributed by atoms with E-state index in [1.807, 2.05) is 0 Å². The van der Waals surface area contributed by atoms with E-state index in [0.717, 1.165) is 17.7 Å². The second kappa shape index (κ2) is 8.43. The number of nitrogens with one attached hydrogen (secondary N) is 1. The summed E-state index contributed by atoms with van der Waals surface area (Å²) in [6, 6.07) is 13.4. The number of carbonyl (C=O) groups excluding carboxylic acids is 1. The SMILES string of the molecule is O=C(Nc1ccc(C(F)(F)F)cc1)c1cccnc1SCc1ccc(F)cc1. The standard InChI is InChI=1S/C20H14F4N2OS/c21-15-7-3-13(4-8-15)12-28-19-17(2-1-11-25-19)18(27)26-16-9-5-14(6-10-16)20(22,23)24/h1-11H,12H2,(H,26,27). The molecule has 8 heteroatoms. The number of anilines is 1. The van der Waals surface area contributed by atoms with E-state index in [-0.39, 0.29) is 11.5 Å². The largest absolute Gasteiger partial charge is 0.416 e. The Balaban J connectivity index is 1.71. The van der Waals surface area contributed by atoms with Gasteiger partial charge in [0.25, 0.3) is 5.91 Å². The van der Waals surface area contributed by atoms with Crippen molar-refractivity contribution in [1.82, 2.24) is 4.98 Å². The molecule has 144 valence electrons. The highest BCUT2D eigenvalue weighted by Gasteiger charge is 2.30. The average Bonchev–Trinajstić information content (AvgIpc) is 2.67. The van der Waals surface area contributed by atoms with E-state index in [1.54, 1.807) is 30.5 Å². The molecule has 0 fully saturated rings. The highest BCUT2D eigenvalue weighted by molar-refractivity contribution is 7.98. The minimum atomic E-state index is -4.43. The Morgan fingerprint density at radius 1 is 1.00 bits per heavy atom. The monoisotopic (exact) mass is 406 g/mol. The topological polar surface area (TPSA) is 42.0 Å². The van der Waals surface area contributed by atoms with Crippen molar-refractivity contribution in [3.8, 4) is 0 Å². The number of halogens is 4. The maximum absolute atomic E-state index is 13.0. The molecular formula is C20H14F4N2OS. The van der Waals surface area contributed by atoms with Crippen LogP contribution in [0, 0.1) is 5.82 Å². The van der Waals surface area contributed by atoms with Gasteiger partial charge in [0.15, 0.2) is 0 Å². The molecule has 3 aromatic rings. The number of carbonyl (C=O) groups is 1. The van der Waals surface area contributed by atoms with Crippen LogP contribution in [-0.2, 0) is 11.9 Å². The van der Waals surface area contributed by atoms with Gasteiger partial charge in [-0.2, -0.15) is 13.2 Å². The van der Waals surface area contributed by atoms with Crippen molar-refractivity contribution >= 4 is 23.4 Å². The van der Waals surface area contributed by atoms with Crippen molar-refractivity contribution in [3.63, 3.8) is 0 Å². The van der Waals surface area contributed by atoms with E-state index >= 15 is 0 Å². The Morgan fingerprint density at radius 2 is 1.68 bits per heavy atom. The van der Waals surface area contributed by atoms with Crippen LogP contribution in [0.1, 0.15) is 21.5 Å². The lowest BCUT2D eigenvalue weighted by Crippen LogP contribution is -2.14. The van der Waals surface area contributed by atoms with Crippen LogP contribution in [0.25, 0.3) is 0 Å². The predicted molar refractivity (Wildman–Crippen MR) is 99.6 cm³/mol. The maximum Gasteiger partial charge on any atom is 0.416 e. The van der Waals surface area contributed by atoms with Crippen molar-refractivity contribution in [2.45, 2.75) is 17.0 Å². The molecule has 3 rings (SSSR count). The number of hydrogen-bond donors (Lipinski definition) is 1. The number of aromatic nitrogens is 1. The molecule has 1 aromatic heterocycles. The van der Waals surface area contributed by atoms with Gasteiger partial charge in [-0.3, -0.25) is 4.79 Å². The van der Waals surface area contributed by atoms with Crippen molar-refractivity contribution in [1.29, 1.82) is 0 Å². The molecule has 28 heavy (non-hydrogen) atoms. The molecule has 1 heterocycles. The highest BCUT2D eigenvalue weighted by atomic mass is 32.2. The molecule has 0 aliphatic rings. The molecule has 0 saturated heterocycles. The summed E-state index contributed by atoms with van der Waals surface area (Å²) in [7, 11) is 0. The number of hydrogen-bond acceptors (Lipinski definition) is 3. The lowest BCUT2D eigenvalue weighted by molar-refractivity contribution is -0.137. The van der Waals surface area contributed by atoms with Crippen LogP contribution < -0.4 is 5.32 Å². The third-order valence-electron chi connectivity index (χ3n) is 3.77. The molecule has 1 amide bonds. The first-order valence-corrected chi connectivity index (χ1v) is 9.12. The summed E-state index contributed by atoms with van der Waals surface area (Å²) in [6.45, 7) is 0. The lowest BCUT2D eigenvalue weighted by Gasteiger charge is -2.11. The second-order valence-corrected chi connectivity index (χ2v) is 6.76. The molecule has 0 aliphatic heterocycles. The number of benzene rings is 2. The van der Waals surface area contributed by atoms with E-state index in [1.165, 1.54) is 36.0 Å². The molecule has 0 spiro atoms. The first kappa shape index (κ1) is 19.9. The summed E-state index contributed by atoms with van der Waals surface area (Å²) in [6.07, 6.45) is -2.89. The summed E-state index contributed by atoms with van der Waals surface area (Å²) in [5, 5.41) is 3.04. The molecule has 0 aliphatic carbocycles. The summed E-state index contributed by atoms with van der Waals surface area (Å²) in [5.74, 6) is -0.324. The zero-order valence-electron chi connectivity index (χ0n) is 14.3. The predicted octanol–water partition coefficient (Wildman–Crippen LogP) is 5.78. The van der Waals surface area contributed by atoms with Gasteiger partial charge in [0.1, 0.15) is 10.8 Å². The number of amides is 1. The number of rotatable bonds is 5. The van der Waals surface area contributed by atoms with E-state index in [4.69, 9.17) is 0 Å². The van der Waals surface area contributed by atoms with Crippen LogP contribution in [0.15, 0.2) is 71.9 Å². The normalized spacial score (nSPS) is 11.3. The van der Waals surface area contributed by atoms with E-state index in [2.05, 4.69) is 10.3 Å². The summed E-state index contributed by atoms with van der Waals surface area (Å²) < 4.78 is 50.9. The van der Waals surface area contributed by atoms with Crippen LogP contribution in [0.2, 0.25) is 0 Å². The van der Waals surface area contributed by atoms with Crippen LogP contribution in [-0.4, -0.2) is 10.9 Å². The molecular weight excluding hydrogens is 392 g/mol. The Morgan fingerprint density at radius 3 is 2.32 bits per heavy atom. The van der Waals surface area contributed by atoms with E-state index < -0.39 is 17.6 Å². The van der Waals surface area contributed by atoms with Gasteiger partial charge >= 0.3 is 6.18 Å². The summed E-state index contributed by atoms with van der Waals surface area (Å²) in [4.78, 5) is 16.7. The zero-order valence-corrected chi connectivity index (χ0v) is 15.2. The zero-order chi connectivity index (χ0) is 20.1. The van der Waals surface area contributed by atoms with Gasteiger partial charge in [-0.05, 0) is 54.1 Å². The van der Waals surface area contributed by atoms with Crippen molar-refractivity contribution in [3.05, 3.63) is 89.4 Å². The van der Waals surface area contributed by atoms with Crippen molar-refractivity contribution in [2.24, 2.45) is 0 Å². The Labute approximate surface area is 162 Å². The number of thioether (sulfide) groups is 1. The number of alkyl halides is 3. The molecule has 0 saturated carbocycles. The fourth-order valence-corrected chi connectivity index (χ4v) is 3.30.